The minimum Gasteiger partial charge on any atom is -0.461 e. The van der Waals surface area contributed by atoms with Crippen molar-refractivity contribution in [2.45, 2.75) is 55.6 Å². The third kappa shape index (κ3) is 4.33. The third-order valence-electron chi connectivity index (χ3n) is 9.47. The molecule has 2 aromatic heterocycles. The van der Waals surface area contributed by atoms with Gasteiger partial charge in [0.2, 0.25) is 0 Å². The Morgan fingerprint density at radius 3 is 2.70 bits per heavy atom. The summed E-state index contributed by atoms with van der Waals surface area (Å²) in [6.45, 7) is 1.75. The summed E-state index contributed by atoms with van der Waals surface area (Å²) in [5.74, 6) is -3.54. The normalized spacial score (nSPS) is 26.6. The fourth-order valence-corrected chi connectivity index (χ4v) is 8.72. The Labute approximate surface area is 253 Å². The number of alkyl halides is 2. The lowest BCUT2D eigenvalue weighted by atomic mass is 9.94. The Morgan fingerprint density at radius 1 is 1.12 bits per heavy atom. The van der Waals surface area contributed by atoms with Gasteiger partial charge in [0.05, 0.1) is 27.3 Å². The quantitative estimate of drug-likeness (QED) is 0.274. The number of benzene rings is 2. The highest BCUT2D eigenvalue weighted by atomic mass is 35.5. The first-order chi connectivity index (χ1) is 20.6. The van der Waals surface area contributed by atoms with Crippen LogP contribution in [0.1, 0.15) is 32.1 Å². The van der Waals surface area contributed by atoms with Crippen molar-refractivity contribution in [3.05, 3.63) is 34.9 Å². The minimum absolute atomic E-state index is 0.0133. The SMILES string of the molecule is Nc1nc2c(-c3c(Cl)cc4c(N5[C@@H]6CC[C@H]5CNC6)nc(OCC56CCCN5CC(F)(F)C6)nc4c3F)ccc(F)c2s1. The Balaban J connectivity index is 1.28. The summed E-state index contributed by atoms with van der Waals surface area (Å²) >= 11 is 7.75. The minimum atomic E-state index is -2.80. The zero-order valence-electron chi connectivity index (χ0n) is 23.0. The Hall–Kier alpha value is -3.00. The summed E-state index contributed by atoms with van der Waals surface area (Å²) in [6, 6.07) is 4.49. The maximum atomic E-state index is 16.7. The van der Waals surface area contributed by atoms with Crippen LogP contribution in [-0.4, -0.2) is 76.2 Å². The number of ether oxygens (including phenoxy) is 1. The number of hydrogen-bond donors (Lipinski definition) is 2. The molecule has 4 aromatic rings. The van der Waals surface area contributed by atoms with Crippen LogP contribution >= 0.6 is 22.9 Å². The number of hydrogen-bond acceptors (Lipinski definition) is 9. The highest BCUT2D eigenvalue weighted by molar-refractivity contribution is 7.22. The molecule has 0 saturated carbocycles. The van der Waals surface area contributed by atoms with Gasteiger partial charge in [-0.25, -0.2) is 22.5 Å². The molecule has 4 aliphatic rings. The highest BCUT2D eigenvalue weighted by Gasteiger charge is 2.57. The van der Waals surface area contributed by atoms with Crippen molar-refractivity contribution in [2.75, 3.05) is 43.4 Å². The summed E-state index contributed by atoms with van der Waals surface area (Å²) in [5, 5.41) is 4.10. The molecule has 3 atom stereocenters. The smallest absolute Gasteiger partial charge is 0.319 e. The number of thiazole rings is 1. The maximum absolute atomic E-state index is 16.7. The lowest BCUT2D eigenvalue weighted by Crippen LogP contribution is -2.52. The Kier molecular flexibility index (Phi) is 6.24. The van der Waals surface area contributed by atoms with Crippen LogP contribution < -0.4 is 20.7 Å². The molecule has 0 amide bonds. The molecule has 3 N–H and O–H groups in total. The van der Waals surface area contributed by atoms with Gasteiger partial charge in [-0.05, 0) is 50.4 Å². The molecule has 2 bridgehead atoms. The summed E-state index contributed by atoms with van der Waals surface area (Å²) in [7, 11) is 0. The number of piperazine rings is 1. The van der Waals surface area contributed by atoms with E-state index in [9.17, 15) is 13.2 Å². The van der Waals surface area contributed by atoms with Crippen molar-refractivity contribution in [3.63, 3.8) is 0 Å². The average Bonchev–Trinajstić information content (AvgIpc) is 3.66. The first kappa shape index (κ1) is 27.5. The fourth-order valence-electron chi connectivity index (χ4n) is 7.66. The van der Waals surface area contributed by atoms with Crippen LogP contribution in [-0.2, 0) is 0 Å². The number of nitrogens with two attached hydrogens (primary N) is 1. The van der Waals surface area contributed by atoms with Crippen LogP contribution in [0.15, 0.2) is 18.2 Å². The van der Waals surface area contributed by atoms with Gasteiger partial charge in [-0.1, -0.05) is 22.9 Å². The van der Waals surface area contributed by atoms with Gasteiger partial charge in [-0.3, -0.25) is 4.90 Å². The molecule has 226 valence electrons. The monoisotopic (exact) mass is 633 g/mol. The van der Waals surface area contributed by atoms with Gasteiger partial charge in [0.15, 0.2) is 10.9 Å². The highest BCUT2D eigenvalue weighted by Crippen LogP contribution is 2.47. The maximum Gasteiger partial charge on any atom is 0.319 e. The molecule has 2 aromatic carbocycles. The van der Waals surface area contributed by atoms with Crippen molar-refractivity contribution in [3.8, 4) is 17.1 Å². The molecule has 4 saturated heterocycles. The number of nitrogens with zero attached hydrogens (tertiary/aromatic N) is 5. The van der Waals surface area contributed by atoms with Gasteiger partial charge < -0.3 is 20.7 Å². The zero-order valence-corrected chi connectivity index (χ0v) is 24.5. The molecule has 43 heavy (non-hydrogen) atoms. The molecule has 0 spiro atoms. The standard InChI is InChI=1S/C29H28ClF4N7OS/c30-18-8-17-22(21(32)20(18)16-4-5-19(31)24-23(16)37-26(35)43-24)38-27(39-25(17)41-14-2-3-15(41)10-36-9-14)42-13-28-6-1-7-40(28)12-29(33,34)11-28/h4-5,8,14-15,36H,1-3,6-7,9-13H2,(H2,35,37)/t14-,15+,28?. The lowest BCUT2D eigenvalue weighted by molar-refractivity contribution is 0.00803. The molecular formula is C29H28ClF4N7OS. The Bertz CT molecular complexity index is 1770. The van der Waals surface area contributed by atoms with Gasteiger partial charge in [-0.15, -0.1) is 0 Å². The first-order valence-corrected chi connectivity index (χ1v) is 15.6. The third-order valence-corrected chi connectivity index (χ3v) is 10.7. The first-order valence-electron chi connectivity index (χ1n) is 14.4. The zero-order chi connectivity index (χ0) is 29.7. The molecular weight excluding hydrogens is 606 g/mol. The van der Waals surface area contributed by atoms with Crippen molar-refractivity contribution in [1.82, 2.24) is 25.2 Å². The number of anilines is 2. The number of aromatic nitrogens is 3. The van der Waals surface area contributed by atoms with Gasteiger partial charge >= 0.3 is 6.01 Å². The van der Waals surface area contributed by atoms with E-state index in [-0.39, 0.29) is 74.7 Å². The summed E-state index contributed by atoms with van der Waals surface area (Å²) in [6.07, 6.45) is 2.97. The molecule has 0 aliphatic carbocycles. The largest absolute Gasteiger partial charge is 0.461 e. The molecule has 0 radical (unpaired) electrons. The fraction of sp³-hybridized carbons (Fsp3) is 0.483. The van der Waals surface area contributed by atoms with E-state index in [2.05, 4.69) is 20.2 Å². The molecule has 4 aliphatic heterocycles. The van der Waals surface area contributed by atoms with Crippen LogP contribution in [0.2, 0.25) is 5.02 Å². The number of halogens is 5. The predicted octanol–water partition coefficient (Wildman–Crippen LogP) is 5.61. The number of fused-ring (bicyclic) bond motifs is 5. The second kappa shape index (κ2) is 9.75. The van der Waals surface area contributed by atoms with Crippen LogP contribution in [0.25, 0.3) is 32.2 Å². The second-order valence-electron chi connectivity index (χ2n) is 12.1. The lowest BCUT2D eigenvalue weighted by Gasteiger charge is -2.37. The van der Waals surface area contributed by atoms with Crippen molar-refractivity contribution in [2.24, 2.45) is 0 Å². The molecule has 6 heterocycles. The molecule has 14 heteroatoms. The van der Waals surface area contributed by atoms with Crippen molar-refractivity contribution < 1.29 is 22.3 Å². The molecule has 1 unspecified atom stereocenters. The van der Waals surface area contributed by atoms with Crippen LogP contribution in [0.5, 0.6) is 6.01 Å². The van der Waals surface area contributed by atoms with E-state index in [0.717, 1.165) is 43.7 Å². The van der Waals surface area contributed by atoms with Crippen molar-refractivity contribution >= 4 is 55.0 Å². The topological polar surface area (TPSA) is 92.4 Å². The van der Waals surface area contributed by atoms with Crippen LogP contribution in [0.3, 0.4) is 0 Å². The van der Waals surface area contributed by atoms with E-state index in [1.807, 2.05) is 0 Å². The number of nitrogen functional groups attached to an aromatic ring is 1. The van der Waals surface area contributed by atoms with E-state index in [4.69, 9.17) is 27.1 Å². The van der Waals surface area contributed by atoms with Crippen LogP contribution in [0.4, 0.5) is 28.5 Å². The Morgan fingerprint density at radius 2 is 1.91 bits per heavy atom. The van der Waals surface area contributed by atoms with E-state index in [1.165, 1.54) is 12.1 Å². The van der Waals surface area contributed by atoms with E-state index in [0.29, 0.717) is 24.2 Å². The van der Waals surface area contributed by atoms with Gasteiger partial charge in [0.1, 0.15) is 23.8 Å². The van der Waals surface area contributed by atoms with E-state index < -0.39 is 23.1 Å². The van der Waals surface area contributed by atoms with Crippen molar-refractivity contribution in [1.29, 1.82) is 0 Å². The van der Waals surface area contributed by atoms with Gasteiger partial charge in [-0.2, -0.15) is 9.97 Å². The van der Waals surface area contributed by atoms with Gasteiger partial charge in [0.25, 0.3) is 5.92 Å². The van der Waals surface area contributed by atoms with Crippen LogP contribution in [0, 0.1) is 11.6 Å². The number of rotatable bonds is 5. The molecule has 8 rings (SSSR count). The molecule has 4 fully saturated rings. The van der Waals surface area contributed by atoms with Gasteiger partial charge in [0, 0.05) is 48.1 Å². The number of nitrogens with one attached hydrogen (secondary N) is 1. The van der Waals surface area contributed by atoms with E-state index in [1.54, 1.807) is 11.0 Å². The second-order valence-corrected chi connectivity index (χ2v) is 13.6. The summed E-state index contributed by atoms with van der Waals surface area (Å²) in [5.41, 5.74) is 5.55. The molecule has 8 nitrogen and oxygen atoms in total. The van der Waals surface area contributed by atoms with E-state index >= 15 is 4.39 Å². The summed E-state index contributed by atoms with van der Waals surface area (Å²) < 4.78 is 66.5. The average molecular weight is 634 g/mol. The predicted molar refractivity (Wildman–Crippen MR) is 158 cm³/mol. The summed E-state index contributed by atoms with van der Waals surface area (Å²) in [4.78, 5) is 17.5.